The number of hydrogen-bond donors (Lipinski definition) is 0. The van der Waals surface area contributed by atoms with Gasteiger partial charge in [0.2, 0.25) is 0 Å². The fraction of sp³-hybridized carbons (Fsp3) is 0.231. The van der Waals surface area contributed by atoms with Gasteiger partial charge in [0.1, 0.15) is 0 Å². The Bertz CT molecular complexity index is 546. The largest absolute Gasteiger partial charge is 0.447 e. The molecule has 0 heterocycles. The summed E-state index contributed by atoms with van der Waals surface area (Å²) in [7, 11) is 0. The van der Waals surface area contributed by atoms with Crippen LogP contribution in [0.15, 0.2) is 24.3 Å². The summed E-state index contributed by atoms with van der Waals surface area (Å²) in [6.45, 7) is 6.23. The summed E-state index contributed by atoms with van der Waals surface area (Å²) in [6, 6.07) is 2.75. The van der Waals surface area contributed by atoms with Crippen LogP contribution >= 0.6 is 34.8 Å². The Labute approximate surface area is 131 Å². The number of esters is 2. The van der Waals surface area contributed by atoms with E-state index >= 15 is 0 Å². The Hall–Kier alpha value is -1.23. The molecule has 0 fully saturated rings. The average Bonchev–Trinajstić information content (AvgIpc) is 2.32. The van der Waals surface area contributed by atoms with Crippen LogP contribution in [-0.2, 0) is 14.3 Å². The van der Waals surface area contributed by atoms with Crippen molar-refractivity contribution in [3.05, 3.63) is 39.4 Å². The maximum absolute atomic E-state index is 11.8. The van der Waals surface area contributed by atoms with Crippen LogP contribution in [0.3, 0.4) is 0 Å². The molecule has 0 aliphatic carbocycles. The van der Waals surface area contributed by atoms with Gasteiger partial charge in [-0.1, -0.05) is 41.4 Å². The number of ether oxygens (including phenoxy) is 2. The van der Waals surface area contributed by atoms with Gasteiger partial charge in [-0.15, -0.1) is 0 Å². The van der Waals surface area contributed by atoms with Crippen molar-refractivity contribution in [2.75, 3.05) is 0 Å². The smallest absolute Gasteiger partial charge is 0.352 e. The zero-order valence-electron chi connectivity index (χ0n) is 10.7. The van der Waals surface area contributed by atoms with Crippen LogP contribution in [0.25, 0.3) is 0 Å². The van der Waals surface area contributed by atoms with Gasteiger partial charge >= 0.3 is 11.9 Å². The first-order chi connectivity index (χ1) is 9.22. The van der Waals surface area contributed by atoms with Crippen LogP contribution < -0.4 is 4.74 Å². The Balaban J connectivity index is 2.81. The second-order valence-corrected chi connectivity index (χ2v) is 5.20. The van der Waals surface area contributed by atoms with Gasteiger partial charge in [0.25, 0.3) is 0 Å². The molecule has 0 aliphatic heterocycles. The third-order valence-corrected chi connectivity index (χ3v) is 2.91. The Morgan fingerprint density at radius 3 is 2.15 bits per heavy atom. The van der Waals surface area contributed by atoms with Crippen molar-refractivity contribution in [3.63, 3.8) is 0 Å². The van der Waals surface area contributed by atoms with Gasteiger partial charge in [0, 0.05) is 10.6 Å². The lowest BCUT2D eigenvalue weighted by atomic mass is 10.3. The molecular weight excluding hydrogens is 326 g/mol. The molecule has 20 heavy (non-hydrogen) atoms. The number of hydrogen-bond acceptors (Lipinski definition) is 4. The highest BCUT2D eigenvalue weighted by Gasteiger charge is 2.22. The number of benzene rings is 1. The number of halogens is 3. The minimum absolute atomic E-state index is 0.0408. The third kappa shape index (κ3) is 4.40. The second kappa shape index (κ2) is 6.97. The van der Waals surface area contributed by atoms with Gasteiger partial charge in [-0.2, -0.15) is 0 Å². The molecule has 0 saturated carbocycles. The molecule has 108 valence electrons. The van der Waals surface area contributed by atoms with Crippen LogP contribution in [0.5, 0.6) is 5.75 Å². The van der Waals surface area contributed by atoms with Crippen LogP contribution in [0, 0.1) is 0 Å². The SMILES string of the molecule is C=C(C)C(=O)OC(C)C(=O)Oc1c(Cl)cc(Cl)cc1Cl. The first-order valence-corrected chi connectivity index (χ1v) is 6.58. The number of carbonyl (C=O) groups is 2. The standard InChI is InChI=1S/C13H11Cl3O4/c1-6(2)12(17)19-7(3)13(18)20-11-9(15)4-8(14)5-10(11)16/h4-5,7H,1H2,2-3H3. The second-order valence-electron chi connectivity index (χ2n) is 3.95. The van der Waals surface area contributed by atoms with E-state index in [4.69, 9.17) is 44.3 Å². The van der Waals surface area contributed by atoms with Crippen molar-refractivity contribution in [3.8, 4) is 5.75 Å². The van der Waals surface area contributed by atoms with E-state index in [0.29, 0.717) is 5.02 Å². The zero-order valence-corrected chi connectivity index (χ0v) is 13.0. The van der Waals surface area contributed by atoms with E-state index in [1.807, 2.05) is 0 Å². The highest BCUT2D eigenvalue weighted by molar-refractivity contribution is 6.40. The summed E-state index contributed by atoms with van der Waals surface area (Å²) < 4.78 is 9.83. The molecular formula is C13H11Cl3O4. The fourth-order valence-electron chi connectivity index (χ4n) is 1.12. The number of rotatable bonds is 4. The van der Waals surface area contributed by atoms with Gasteiger partial charge in [-0.05, 0) is 26.0 Å². The van der Waals surface area contributed by atoms with E-state index in [1.165, 1.54) is 26.0 Å². The van der Waals surface area contributed by atoms with Crippen LogP contribution in [0.1, 0.15) is 13.8 Å². The molecule has 0 aromatic heterocycles. The molecule has 1 rings (SSSR count). The Morgan fingerprint density at radius 1 is 1.20 bits per heavy atom. The summed E-state index contributed by atoms with van der Waals surface area (Å²) in [5.74, 6) is -1.55. The molecule has 0 spiro atoms. The minimum Gasteiger partial charge on any atom is -0.447 e. The van der Waals surface area contributed by atoms with E-state index < -0.39 is 18.0 Å². The number of carbonyl (C=O) groups excluding carboxylic acids is 2. The molecule has 0 N–H and O–H groups in total. The first kappa shape index (κ1) is 16.8. The van der Waals surface area contributed by atoms with Crippen molar-refractivity contribution in [1.82, 2.24) is 0 Å². The van der Waals surface area contributed by atoms with Crippen molar-refractivity contribution in [2.24, 2.45) is 0 Å². The molecule has 4 nitrogen and oxygen atoms in total. The summed E-state index contributed by atoms with van der Waals surface area (Å²) >= 11 is 17.5. The lowest BCUT2D eigenvalue weighted by molar-refractivity contribution is -0.158. The van der Waals surface area contributed by atoms with Crippen LogP contribution in [-0.4, -0.2) is 18.0 Å². The molecule has 1 aromatic carbocycles. The maximum Gasteiger partial charge on any atom is 0.352 e. The van der Waals surface area contributed by atoms with Crippen molar-refractivity contribution < 1.29 is 19.1 Å². The van der Waals surface area contributed by atoms with Crippen molar-refractivity contribution >= 4 is 46.7 Å². The van der Waals surface area contributed by atoms with E-state index in [-0.39, 0.29) is 21.4 Å². The molecule has 1 aromatic rings. The van der Waals surface area contributed by atoms with E-state index in [0.717, 1.165) is 0 Å². The Kier molecular flexibility index (Phi) is 5.87. The normalized spacial score (nSPS) is 11.7. The van der Waals surface area contributed by atoms with E-state index in [1.54, 1.807) is 0 Å². The molecule has 1 unspecified atom stereocenters. The van der Waals surface area contributed by atoms with E-state index in [2.05, 4.69) is 6.58 Å². The molecule has 0 amide bonds. The molecule has 0 saturated heterocycles. The lowest BCUT2D eigenvalue weighted by Gasteiger charge is -2.14. The minimum atomic E-state index is -1.12. The van der Waals surface area contributed by atoms with Gasteiger partial charge in [0.05, 0.1) is 10.0 Å². The summed E-state index contributed by atoms with van der Waals surface area (Å²) in [6.07, 6.45) is -1.12. The summed E-state index contributed by atoms with van der Waals surface area (Å²) in [5.41, 5.74) is 0.173. The molecule has 7 heteroatoms. The van der Waals surface area contributed by atoms with Crippen LogP contribution in [0.4, 0.5) is 0 Å². The first-order valence-electron chi connectivity index (χ1n) is 5.45. The maximum atomic E-state index is 11.8. The third-order valence-electron chi connectivity index (χ3n) is 2.13. The summed E-state index contributed by atoms with van der Waals surface area (Å²) in [4.78, 5) is 23.1. The van der Waals surface area contributed by atoms with E-state index in [9.17, 15) is 9.59 Å². The zero-order chi connectivity index (χ0) is 15.4. The lowest BCUT2D eigenvalue weighted by Crippen LogP contribution is -2.28. The highest BCUT2D eigenvalue weighted by atomic mass is 35.5. The predicted molar refractivity (Wildman–Crippen MR) is 77.5 cm³/mol. The molecule has 0 aliphatic rings. The fourth-order valence-corrected chi connectivity index (χ4v) is 2.01. The molecule has 0 bridgehead atoms. The highest BCUT2D eigenvalue weighted by Crippen LogP contribution is 2.36. The topological polar surface area (TPSA) is 52.6 Å². The quantitative estimate of drug-likeness (QED) is 0.472. The molecule has 1 atom stereocenters. The van der Waals surface area contributed by atoms with Gasteiger partial charge < -0.3 is 9.47 Å². The van der Waals surface area contributed by atoms with Crippen molar-refractivity contribution in [2.45, 2.75) is 20.0 Å². The average molecular weight is 338 g/mol. The predicted octanol–water partition coefficient (Wildman–Crippen LogP) is 4.06. The van der Waals surface area contributed by atoms with Gasteiger partial charge in [0.15, 0.2) is 11.9 Å². The monoisotopic (exact) mass is 336 g/mol. The Morgan fingerprint density at radius 2 is 1.70 bits per heavy atom. The van der Waals surface area contributed by atoms with Crippen molar-refractivity contribution in [1.29, 1.82) is 0 Å². The van der Waals surface area contributed by atoms with Gasteiger partial charge in [-0.25, -0.2) is 9.59 Å². The molecule has 0 radical (unpaired) electrons. The van der Waals surface area contributed by atoms with Crippen LogP contribution in [0.2, 0.25) is 15.1 Å². The van der Waals surface area contributed by atoms with Gasteiger partial charge in [-0.3, -0.25) is 0 Å². The summed E-state index contributed by atoms with van der Waals surface area (Å²) in [5, 5.41) is 0.463.